The monoisotopic (exact) mass is 400 g/mol. The second-order valence-corrected chi connectivity index (χ2v) is 7.86. The van der Waals surface area contributed by atoms with E-state index in [0.717, 1.165) is 70.8 Å². The molecule has 0 saturated carbocycles. The first-order valence-corrected chi connectivity index (χ1v) is 10.7. The summed E-state index contributed by atoms with van der Waals surface area (Å²) in [7, 11) is 0. The van der Waals surface area contributed by atoms with E-state index in [4.69, 9.17) is 4.74 Å². The smallest absolute Gasteiger partial charge is 0.256 e. The minimum absolute atomic E-state index is 0.0105. The van der Waals surface area contributed by atoms with Gasteiger partial charge in [-0.1, -0.05) is 23.8 Å². The van der Waals surface area contributed by atoms with Gasteiger partial charge in [0.25, 0.3) is 5.91 Å². The molecule has 0 radical (unpaired) electrons. The summed E-state index contributed by atoms with van der Waals surface area (Å²) in [6.45, 7) is 7.64. The van der Waals surface area contributed by atoms with Crippen LogP contribution in [0.25, 0.3) is 16.7 Å². The number of hydrogen-bond acceptors (Lipinski definition) is 3. The number of nitrogens with zero attached hydrogens (tertiary/aromatic N) is 1. The Labute approximate surface area is 178 Å². The Balaban J connectivity index is 1.59. The molecule has 2 heterocycles. The standard InChI is InChI=1S/C26H28N2O2/c1-4-30-21-10-8-20(9-11-21)23-16-24-22(26(29)28-25(24)14-17(23)2)7-5-6-19-12-13-27-18(3)15-19/h7-11,14-16H,4-6,12-13H2,1-3H3,(H,28,29)/b22-7-. The van der Waals surface area contributed by atoms with Gasteiger partial charge in [0.05, 0.1) is 6.61 Å². The van der Waals surface area contributed by atoms with Crippen LogP contribution in [0.3, 0.4) is 0 Å². The van der Waals surface area contributed by atoms with E-state index in [1.54, 1.807) is 0 Å². The molecule has 2 aliphatic heterocycles. The van der Waals surface area contributed by atoms with Crippen LogP contribution in [0.4, 0.5) is 5.69 Å². The first-order chi connectivity index (χ1) is 14.5. The molecule has 0 fully saturated rings. The molecule has 1 amide bonds. The van der Waals surface area contributed by atoms with Gasteiger partial charge in [-0.15, -0.1) is 0 Å². The SMILES string of the molecule is CCOc1ccc(-c2cc3c(cc2C)NC(=O)/C3=C\CCC2=CC(C)=NCC2)cc1. The number of benzene rings is 2. The average Bonchev–Trinajstić information content (AvgIpc) is 3.02. The summed E-state index contributed by atoms with van der Waals surface area (Å²) < 4.78 is 5.56. The van der Waals surface area contributed by atoms with E-state index in [0.29, 0.717) is 6.61 Å². The Kier molecular flexibility index (Phi) is 5.84. The predicted molar refractivity (Wildman–Crippen MR) is 124 cm³/mol. The fourth-order valence-corrected chi connectivity index (χ4v) is 4.15. The van der Waals surface area contributed by atoms with Gasteiger partial charge in [-0.05, 0) is 87.1 Å². The summed E-state index contributed by atoms with van der Waals surface area (Å²) in [5, 5.41) is 3.03. The summed E-state index contributed by atoms with van der Waals surface area (Å²) in [5.74, 6) is 0.860. The highest BCUT2D eigenvalue weighted by atomic mass is 16.5. The minimum atomic E-state index is -0.0105. The molecule has 4 nitrogen and oxygen atoms in total. The van der Waals surface area contributed by atoms with Crippen molar-refractivity contribution in [2.24, 2.45) is 4.99 Å². The van der Waals surface area contributed by atoms with Gasteiger partial charge in [0.2, 0.25) is 0 Å². The second-order valence-electron chi connectivity index (χ2n) is 7.86. The number of allylic oxidation sites excluding steroid dienone is 2. The summed E-state index contributed by atoms with van der Waals surface area (Å²) in [5.41, 5.74) is 8.59. The number of dihydropyridines is 1. The molecule has 0 aliphatic carbocycles. The highest BCUT2D eigenvalue weighted by Gasteiger charge is 2.25. The van der Waals surface area contributed by atoms with E-state index >= 15 is 0 Å². The van der Waals surface area contributed by atoms with Gasteiger partial charge < -0.3 is 10.1 Å². The van der Waals surface area contributed by atoms with Gasteiger partial charge in [0, 0.05) is 29.1 Å². The number of rotatable bonds is 6. The third kappa shape index (κ3) is 4.23. The van der Waals surface area contributed by atoms with Crippen LogP contribution in [-0.4, -0.2) is 24.8 Å². The maximum absolute atomic E-state index is 12.6. The van der Waals surface area contributed by atoms with E-state index < -0.39 is 0 Å². The lowest BCUT2D eigenvalue weighted by Gasteiger charge is -2.11. The zero-order valence-electron chi connectivity index (χ0n) is 17.9. The molecule has 0 aromatic heterocycles. The van der Waals surface area contributed by atoms with Gasteiger partial charge in [-0.25, -0.2) is 0 Å². The van der Waals surface area contributed by atoms with Crippen LogP contribution in [0.2, 0.25) is 0 Å². The van der Waals surface area contributed by atoms with E-state index in [-0.39, 0.29) is 5.91 Å². The van der Waals surface area contributed by atoms with Crippen molar-refractivity contribution in [3.8, 4) is 16.9 Å². The Morgan fingerprint density at radius 1 is 1.13 bits per heavy atom. The van der Waals surface area contributed by atoms with E-state index in [1.165, 1.54) is 5.57 Å². The summed E-state index contributed by atoms with van der Waals surface area (Å²) >= 11 is 0. The number of anilines is 1. The maximum Gasteiger partial charge on any atom is 0.256 e. The molecular formula is C26H28N2O2. The maximum atomic E-state index is 12.6. The lowest BCUT2D eigenvalue weighted by atomic mass is 9.94. The van der Waals surface area contributed by atoms with E-state index in [2.05, 4.69) is 53.7 Å². The molecule has 1 N–H and O–H groups in total. The first kappa shape index (κ1) is 20.1. The Bertz CT molecular complexity index is 1060. The minimum Gasteiger partial charge on any atom is -0.494 e. The fourth-order valence-electron chi connectivity index (χ4n) is 4.15. The second kappa shape index (κ2) is 8.70. The number of nitrogens with one attached hydrogen (secondary N) is 1. The van der Waals surface area contributed by atoms with E-state index in [1.807, 2.05) is 26.0 Å². The topological polar surface area (TPSA) is 50.7 Å². The van der Waals surface area contributed by atoms with Crippen LogP contribution >= 0.6 is 0 Å². The third-order valence-electron chi connectivity index (χ3n) is 5.64. The lowest BCUT2D eigenvalue weighted by molar-refractivity contribution is -0.110. The molecule has 154 valence electrons. The van der Waals surface area contributed by atoms with Crippen molar-refractivity contribution in [1.29, 1.82) is 0 Å². The number of aliphatic imine (C=N–C) groups is 1. The Hall–Kier alpha value is -3.14. The number of carbonyl (C=O) groups is 1. The number of amides is 1. The van der Waals surface area contributed by atoms with Crippen LogP contribution in [0.5, 0.6) is 5.75 Å². The zero-order valence-corrected chi connectivity index (χ0v) is 17.9. The lowest BCUT2D eigenvalue weighted by Crippen LogP contribution is -2.04. The summed E-state index contributed by atoms with van der Waals surface area (Å²) in [6, 6.07) is 12.4. The van der Waals surface area contributed by atoms with Crippen molar-refractivity contribution >= 4 is 22.9 Å². The molecule has 4 heteroatoms. The third-order valence-corrected chi connectivity index (χ3v) is 5.64. The van der Waals surface area contributed by atoms with Crippen LogP contribution in [0, 0.1) is 6.92 Å². The molecule has 0 spiro atoms. The van der Waals surface area contributed by atoms with Gasteiger partial charge in [-0.3, -0.25) is 9.79 Å². The number of aryl methyl sites for hydroxylation is 1. The predicted octanol–water partition coefficient (Wildman–Crippen LogP) is 5.97. The van der Waals surface area contributed by atoms with Gasteiger partial charge in [0.15, 0.2) is 0 Å². The molecule has 30 heavy (non-hydrogen) atoms. The Morgan fingerprint density at radius 3 is 2.67 bits per heavy atom. The van der Waals surface area contributed by atoms with Crippen molar-refractivity contribution < 1.29 is 9.53 Å². The van der Waals surface area contributed by atoms with Crippen LogP contribution in [-0.2, 0) is 4.79 Å². The first-order valence-electron chi connectivity index (χ1n) is 10.7. The molecule has 2 aliphatic rings. The molecule has 0 atom stereocenters. The normalized spacial score (nSPS) is 16.8. The number of carbonyl (C=O) groups excluding carboxylic acids is 1. The van der Waals surface area contributed by atoms with Gasteiger partial charge in [0.1, 0.15) is 5.75 Å². The van der Waals surface area contributed by atoms with Crippen molar-refractivity contribution in [1.82, 2.24) is 0 Å². The highest BCUT2D eigenvalue weighted by molar-refractivity contribution is 6.31. The Morgan fingerprint density at radius 2 is 1.93 bits per heavy atom. The molecule has 2 aromatic carbocycles. The number of hydrogen-bond donors (Lipinski definition) is 1. The molecule has 0 saturated heterocycles. The van der Waals surface area contributed by atoms with Crippen molar-refractivity contribution in [3.63, 3.8) is 0 Å². The van der Waals surface area contributed by atoms with Crippen molar-refractivity contribution in [2.45, 2.75) is 40.0 Å². The van der Waals surface area contributed by atoms with Crippen molar-refractivity contribution in [3.05, 3.63) is 65.3 Å². The summed E-state index contributed by atoms with van der Waals surface area (Å²) in [6.07, 6.45) is 7.10. The van der Waals surface area contributed by atoms with Crippen LogP contribution in [0.15, 0.2) is 59.1 Å². The van der Waals surface area contributed by atoms with Crippen molar-refractivity contribution in [2.75, 3.05) is 18.5 Å². The largest absolute Gasteiger partial charge is 0.494 e. The van der Waals surface area contributed by atoms with Gasteiger partial charge >= 0.3 is 0 Å². The average molecular weight is 401 g/mol. The molecule has 4 rings (SSSR count). The van der Waals surface area contributed by atoms with Gasteiger partial charge in [-0.2, -0.15) is 0 Å². The van der Waals surface area contributed by atoms with Crippen LogP contribution in [0.1, 0.15) is 44.2 Å². The molecule has 0 unspecified atom stereocenters. The molecular weight excluding hydrogens is 372 g/mol. The zero-order chi connectivity index (χ0) is 21.1. The molecule has 0 bridgehead atoms. The quantitative estimate of drug-likeness (QED) is 0.608. The summed E-state index contributed by atoms with van der Waals surface area (Å²) in [4.78, 5) is 17.0. The number of fused-ring (bicyclic) bond motifs is 1. The van der Waals surface area contributed by atoms with Crippen LogP contribution < -0.4 is 10.1 Å². The molecule has 2 aromatic rings. The van der Waals surface area contributed by atoms with E-state index in [9.17, 15) is 4.79 Å². The highest BCUT2D eigenvalue weighted by Crippen LogP contribution is 2.38. The number of ether oxygens (including phenoxy) is 1. The fraction of sp³-hybridized carbons (Fsp3) is 0.308.